The van der Waals surface area contributed by atoms with Crippen LogP contribution < -0.4 is 9.47 Å². The van der Waals surface area contributed by atoms with Crippen LogP contribution in [0.2, 0.25) is 0 Å². The lowest BCUT2D eigenvalue weighted by atomic mass is 9.82. The summed E-state index contributed by atoms with van der Waals surface area (Å²) >= 11 is -1.44. The van der Waals surface area contributed by atoms with E-state index in [0.29, 0.717) is 24.0 Å². The van der Waals surface area contributed by atoms with Crippen LogP contribution in [0.5, 0.6) is 11.5 Å². The summed E-state index contributed by atoms with van der Waals surface area (Å²) in [6.07, 6.45) is 4.01. The van der Waals surface area contributed by atoms with Crippen molar-refractivity contribution >= 4 is 21.9 Å². The van der Waals surface area contributed by atoms with Gasteiger partial charge in [0.1, 0.15) is 11.5 Å². The van der Waals surface area contributed by atoms with Crippen LogP contribution >= 0.6 is 0 Å². The number of rotatable bonds is 13. The Balaban J connectivity index is 0.000000209. The minimum Gasteiger partial charge on any atom is -0.497 e. The molecule has 0 aromatic heterocycles. The monoisotopic (exact) mass is 664 g/mol. The molecule has 0 N–H and O–H groups in total. The Labute approximate surface area is 278 Å². The second-order valence-corrected chi connectivity index (χ2v) is 13.2. The van der Waals surface area contributed by atoms with Crippen molar-refractivity contribution < 1.29 is 31.5 Å². The summed E-state index contributed by atoms with van der Waals surface area (Å²) in [5.41, 5.74) is 2.20. The first kappa shape index (κ1) is 35.5. The third kappa shape index (κ3) is 10.1. The lowest BCUT2D eigenvalue weighted by Crippen LogP contribution is -2.27. The molecular weight excluding hydrogens is 621 g/mol. The summed E-state index contributed by atoms with van der Waals surface area (Å²) in [6, 6.07) is 32.4. The molecule has 0 heterocycles. The average Bonchev–Trinajstić information content (AvgIpc) is 3.12. The van der Waals surface area contributed by atoms with Gasteiger partial charge in [0.25, 0.3) is 0 Å². The van der Waals surface area contributed by atoms with Crippen LogP contribution in [-0.4, -0.2) is 42.0 Å². The molecule has 0 saturated heterocycles. The van der Waals surface area contributed by atoms with Crippen LogP contribution in [0.4, 0.5) is 0 Å². The van der Waals surface area contributed by atoms with E-state index in [1.165, 1.54) is 12.0 Å². The van der Waals surface area contributed by atoms with E-state index in [9.17, 15) is 8.42 Å². The number of methoxy groups -OCH3 is 2. The molecule has 2 unspecified atom stereocenters. The van der Waals surface area contributed by atoms with Gasteiger partial charge in [0, 0.05) is 34.5 Å². The molecule has 5 rings (SSSR count). The van der Waals surface area contributed by atoms with E-state index in [4.69, 9.17) is 23.1 Å². The zero-order valence-corrected chi connectivity index (χ0v) is 28.6. The Morgan fingerprint density at radius 2 is 1.15 bits per heavy atom. The van der Waals surface area contributed by atoms with Crippen molar-refractivity contribution in [1.82, 2.24) is 0 Å². The van der Waals surface area contributed by atoms with Crippen LogP contribution in [-0.2, 0) is 35.5 Å². The standard InChI is InChI=1S/C19H22O3S.C18H22O4S/c1-21-16-11-13-17(14-12-16)23(20)22-19-10-6-5-9-18(19)15-7-3-2-4-8-15;1-4-21-18(22-5-2)14-6-10-16(11-7-14)23(19)17-12-8-15(20-3)9-13-17/h2-4,7-8,11-14,18-19H,5-6,9-10H2,1H3;6-13,18H,4-5H2,1-3H3/t18-,19-,23?;/m0./s1. The Bertz CT molecular complexity index is 1490. The van der Waals surface area contributed by atoms with Gasteiger partial charge in [-0.25, -0.2) is 8.42 Å². The molecule has 246 valence electrons. The highest BCUT2D eigenvalue weighted by Crippen LogP contribution is 2.36. The zero-order chi connectivity index (χ0) is 32.7. The molecule has 0 bridgehead atoms. The lowest BCUT2D eigenvalue weighted by molar-refractivity contribution is -0.140. The Morgan fingerprint density at radius 1 is 0.652 bits per heavy atom. The van der Waals surface area contributed by atoms with Gasteiger partial charge in [-0.15, -0.1) is 0 Å². The summed E-state index contributed by atoms with van der Waals surface area (Å²) in [5, 5.41) is 0. The maximum atomic E-state index is 12.6. The minimum atomic E-state index is -1.44. The van der Waals surface area contributed by atoms with E-state index in [0.717, 1.165) is 46.1 Å². The quantitative estimate of drug-likeness (QED) is 0.133. The molecule has 9 heteroatoms. The number of ether oxygens (including phenoxy) is 4. The predicted molar refractivity (Wildman–Crippen MR) is 182 cm³/mol. The summed E-state index contributed by atoms with van der Waals surface area (Å²) in [6.45, 7) is 5.01. The van der Waals surface area contributed by atoms with Crippen molar-refractivity contribution in [1.29, 1.82) is 0 Å². The minimum absolute atomic E-state index is 0.00841. The molecular formula is C37H44O7S2. The molecule has 4 aromatic rings. The fraction of sp³-hybridized carbons (Fsp3) is 0.351. The van der Waals surface area contributed by atoms with Gasteiger partial charge in [0.2, 0.25) is 0 Å². The topological polar surface area (TPSA) is 80.3 Å². The third-order valence-electron chi connectivity index (χ3n) is 7.67. The van der Waals surface area contributed by atoms with E-state index in [1.54, 1.807) is 26.4 Å². The molecule has 1 aliphatic carbocycles. The molecule has 0 radical (unpaired) electrons. The SMILES string of the molecule is CCOC(OCC)c1ccc(S(=O)c2ccc(OC)cc2)cc1.COc1ccc(S(=O)O[C@H]2CCCC[C@H]2c2ccccc2)cc1. The maximum absolute atomic E-state index is 12.6. The van der Waals surface area contributed by atoms with E-state index in [1.807, 2.05) is 80.6 Å². The second kappa shape index (κ2) is 18.7. The van der Waals surface area contributed by atoms with Gasteiger partial charge >= 0.3 is 0 Å². The van der Waals surface area contributed by atoms with Gasteiger partial charge in [-0.3, -0.25) is 4.18 Å². The first-order chi connectivity index (χ1) is 22.5. The fourth-order valence-corrected chi connectivity index (χ4v) is 7.24. The third-order valence-corrected chi connectivity index (χ3v) is 10.1. The summed E-state index contributed by atoms with van der Waals surface area (Å²) in [4.78, 5) is 2.17. The van der Waals surface area contributed by atoms with E-state index >= 15 is 0 Å². The van der Waals surface area contributed by atoms with Crippen LogP contribution in [0.25, 0.3) is 0 Å². The van der Waals surface area contributed by atoms with Gasteiger partial charge in [-0.1, -0.05) is 55.3 Å². The summed E-state index contributed by atoms with van der Waals surface area (Å²) in [7, 11) is 2.01. The highest BCUT2D eigenvalue weighted by molar-refractivity contribution is 7.85. The van der Waals surface area contributed by atoms with Crippen LogP contribution in [0.15, 0.2) is 118 Å². The zero-order valence-electron chi connectivity index (χ0n) is 27.0. The number of hydrogen-bond acceptors (Lipinski definition) is 7. The first-order valence-corrected chi connectivity index (χ1v) is 17.9. The van der Waals surface area contributed by atoms with Gasteiger partial charge in [0.15, 0.2) is 17.4 Å². The summed E-state index contributed by atoms with van der Waals surface area (Å²) in [5.74, 6) is 1.83. The number of hydrogen-bond donors (Lipinski definition) is 0. The van der Waals surface area contributed by atoms with Gasteiger partial charge in [-0.2, -0.15) is 0 Å². The molecule has 0 aliphatic heterocycles. The van der Waals surface area contributed by atoms with Crippen LogP contribution in [0, 0.1) is 0 Å². The maximum Gasteiger partial charge on any atom is 0.189 e. The van der Waals surface area contributed by atoms with Crippen LogP contribution in [0.1, 0.15) is 62.9 Å². The fourth-order valence-electron chi connectivity index (χ4n) is 5.28. The lowest BCUT2D eigenvalue weighted by Gasteiger charge is -2.31. The smallest absolute Gasteiger partial charge is 0.189 e. The normalized spacial score (nSPS) is 17.4. The molecule has 4 atom stereocenters. The van der Waals surface area contributed by atoms with Crippen molar-refractivity contribution in [3.05, 3.63) is 114 Å². The summed E-state index contributed by atoms with van der Waals surface area (Å²) < 4.78 is 52.5. The van der Waals surface area contributed by atoms with Crippen LogP contribution in [0.3, 0.4) is 0 Å². The molecule has 4 aromatic carbocycles. The largest absolute Gasteiger partial charge is 0.497 e. The first-order valence-electron chi connectivity index (χ1n) is 15.6. The van der Waals surface area contributed by atoms with Crippen molar-refractivity contribution in [2.45, 2.75) is 72.5 Å². The Morgan fingerprint density at radius 3 is 1.67 bits per heavy atom. The van der Waals surface area contributed by atoms with Crippen molar-refractivity contribution in [3.8, 4) is 11.5 Å². The van der Waals surface area contributed by atoms with E-state index < -0.39 is 21.9 Å². The molecule has 1 saturated carbocycles. The van der Waals surface area contributed by atoms with Gasteiger partial charge in [0.05, 0.1) is 36.0 Å². The van der Waals surface area contributed by atoms with Crippen molar-refractivity contribution in [2.75, 3.05) is 27.4 Å². The molecule has 46 heavy (non-hydrogen) atoms. The van der Waals surface area contributed by atoms with E-state index in [2.05, 4.69) is 24.3 Å². The predicted octanol–water partition coefficient (Wildman–Crippen LogP) is 8.39. The van der Waals surface area contributed by atoms with Crippen molar-refractivity contribution in [3.63, 3.8) is 0 Å². The van der Waals surface area contributed by atoms with Gasteiger partial charge < -0.3 is 18.9 Å². The molecule has 7 nitrogen and oxygen atoms in total. The molecule has 0 spiro atoms. The molecule has 1 aliphatic rings. The highest BCUT2D eigenvalue weighted by Gasteiger charge is 2.29. The molecule has 0 amide bonds. The van der Waals surface area contributed by atoms with Gasteiger partial charge in [-0.05, 0) is 92.9 Å². The number of benzene rings is 4. The average molecular weight is 665 g/mol. The Hall–Kier alpha value is -3.34. The Kier molecular flexibility index (Phi) is 14.5. The molecule has 1 fully saturated rings. The van der Waals surface area contributed by atoms with E-state index in [-0.39, 0.29) is 12.4 Å². The second-order valence-electron chi connectivity index (χ2n) is 10.6. The highest BCUT2D eigenvalue weighted by atomic mass is 32.2. The van der Waals surface area contributed by atoms with Crippen molar-refractivity contribution in [2.24, 2.45) is 0 Å².